The molecule has 1 amide bonds. The van der Waals surface area contributed by atoms with E-state index in [9.17, 15) is 22.8 Å². The number of carbonyl (C=O) groups excluding carboxylic acids is 2. The minimum absolute atomic E-state index is 0.0564. The molecule has 0 saturated carbocycles. The zero-order valence-corrected chi connectivity index (χ0v) is 13.7. The molecule has 0 aliphatic carbocycles. The summed E-state index contributed by atoms with van der Waals surface area (Å²) in [5, 5.41) is 3.96. The van der Waals surface area contributed by atoms with Gasteiger partial charge in [-0.05, 0) is 25.1 Å². The SMILES string of the molecule is CCOC(=O)c1csc(NC(=O)COc2cccc(C(F)(F)F)c2)n1. The zero-order chi connectivity index (χ0) is 18.4. The number of nitrogens with one attached hydrogen (secondary N) is 1. The van der Waals surface area contributed by atoms with Gasteiger partial charge >= 0.3 is 12.1 Å². The van der Waals surface area contributed by atoms with Crippen molar-refractivity contribution >= 4 is 28.3 Å². The lowest BCUT2D eigenvalue weighted by molar-refractivity contribution is -0.137. The number of nitrogens with zero attached hydrogens (tertiary/aromatic N) is 1. The highest BCUT2D eigenvalue weighted by Crippen LogP contribution is 2.31. The van der Waals surface area contributed by atoms with Crippen LogP contribution in [0.25, 0.3) is 0 Å². The number of rotatable bonds is 6. The smallest absolute Gasteiger partial charge is 0.416 e. The van der Waals surface area contributed by atoms with E-state index in [0.717, 1.165) is 23.5 Å². The van der Waals surface area contributed by atoms with Crippen LogP contribution in [0.2, 0.25) is 0 Å². The fourth-order valence-electron chi connectivity index (χ4n) is 1.70. The van der Waals surface area contributed by atoms with Crippen molar-refractivity contribution in [1.82, 2.24) is 4.98 Å². The van der Waals surface area contributed by atoms with Gasteiger partial charge in [-0.1, -0.05) is 6.07 Å². The highest BCUT2D eigenvalue weighted by atomic mass is 32.1. The molecule has 0 fully saturated rings. The molecule has 0 spiro atoms. The zero-order valence-electron chi connectivity index (χ0n) is 12.9. The van der Waals surface area contributed by atoms with Gasteiger partial charge in [0.2, 0.25) is 0 Å². The van der Waals surface area contributed by atoms with E-state index in [1.807, 2.05) is 0 Å². The van der Waals surface area contributed by atoms with Gasteiger partial charge in [-0.25, -0.2) is 9.78 Å². The average Bonchev–Trinajstić information content (AvgIpc) is 3.01. The molecule has 0 aliphatic rings. The average molecular weight is 374 g/mol. The van der Waals surface area contributed by atoms with Gasteiger partial charge in [0, 0.05) is 5.38 Å². The van der Waals surface area contributed by atoms with E-state index in [4.69, 9.17) is 9.47 Å². The van der Waals surface area contributed by atoms with Crippen LogP contribution in [0, 0.1) is 0 Å². The first-order valence-corrected chi connectivity index (χ1v) is 7.90. The molecule has 1 heterocycles. The van der Waals surface area contributed by atoms with Gasteiger partial charge in [-0.15, -0.1) is 11.3 Å². The Hall–Kier alpha value is -2.62. The normalized spacial score (nSPS) is 11.0. The number of aromatic nitrogens is 1. The van der Waals surface area contributed by atoms with Crippen LogP contribution in [-0.4, -0.2) is 30.1 Å². The van der Waals surface area contributed by atoms with Gasteiger partial charge in [0.1, 0.15) is 5.75 Å². The number of amides is 1. The van der Waals surface area contributed by atoms with Crippen molar-refractivity contribution in [3.63, 3.8) is 0 Å². The van der Waals surface area contributed by atoms with Gasteiger partial charge in [0.25, 0.3) is 5.91 Å². The summed E-state index contributed by atoms with van der Waals surface area (Å²) in [6.07, 6.45) is -4.49. The summed E-state index contributed by atoms with van der Waals surface area (Å²) in [6.45, 7) is 1.34. The predicted molar refractivity (Wildman–Crippen MR) is 83.6 cm³/mol. The Bertz CT molecular complexity index is 761. The quantitative estimate of drug-likeness (QED) is 0.785. The van der Waals surface area contributed by atoms with Crippen LogP contribution in [0.3, 0.4) is 0 Å². The Labute approximate surface area is 144 Å². The second-order valence-corrected chi connectivity index (χ2v) is 5.48. The largest absolute Gasteiger partial charge is 0.484 e. The number of halogens is 3. The molecule has 10 heteroatoms. The van der Waals surface area contributed by atoms with Crippen LogP contribution in [-0.2, 0) is 15.7 Å². The number of ether oxygens (including phenoxy) is 2. The first-order chi connectivity index (χ1) is 11.8. The topological polar surface area (TPSA) is 77.5 Å². The van der Waals surface area contributed by atoms with Crippen LogP contribution in [0.5, 0.6) is 5.75 Å². The summed E-state index contributed by atoms with van der Waals surface area (Å²) < 4.78 is 47.6. The minimum Gasteiger partial charge on any atom is -0.484 e. The van der Waals surface area contributed by atoms with Crippen molar-refractivity contribution in [3.05, 3.63) is 40.9 Å². The van der Waals surface area contributed by atoms with Crippen LogP contribution in [0.4, 0.5) is 18.3 Å². The minimum atomic E-state index is -4.49. The van der Waals surface area contributed by atoms with Crippen LogP contribution < -0.4 is 10.1 Å². The fraction of sp³-hybridized carbons (Fsp3) is 0.267. The van der Waals surface area contributed by atoms with Gasteiger partial charge < -0.3 is 9.47 Å². The third kappa shape index (κ3) is 5.45. The number of hydrogen-bond acceptors (Lipinski definition) is 6. The third-order valence-electron chi connectivity index (χ3n) is 2.77. The summed E-state index contributed by atoms with van der Waals surface area (Å²) in [7, 11) is 0. The number of hydrogen-bond donors (Lipinski definition) is 1. The van der Waals surface area contributed by atoms with E-state index in [2.05, 4.69) is 10.3 Å². The molecule has 0 saturated heterocycles. The Morgan fingerprint density at radius 1 is 1.32 bits per heavy atom. The molecule has 2 aromatic rings. The summed E-state index contributed by atoms with van der Waals surface area (Å²) in [6, 6.07) is 4.20. The molecule has 0 bridgehead atoms. The molecular weight excluding hydrogens is 361 g/mol. The number of anilines is 1. The van der Waals surface area contributed by atoms with E-state index in [1.54, 1.807) is 6.92 Å². The summed E-state index contributed by atoms with van der Waals surface area (Å²) in [5.74, 6) is -1.32. The van der Waals surface area contributed by atoms with E-state index in [1.165, 1.54) is 17.5 Å². The third-order valence-corrected chi connectivity index (χ3v) is 3.52. The highest BCUT2D eigenvalue weighted by Gasteiger charge is 2.30. The highest BCUT2D eigenvalue weighted by molar-refractivity contribution is 7.14. The van der Waals surface area contributed by atoms with Gasteiger partial charge in [0.05, 0.1) is 12.2 Å². The maximum atomic E-state index is 12.6. The van der Waals surface area contributed by atoms with Crippen molar-refractivity contribution in [1.29, 1.82) is 0 Å². The Balaban J connectivity index is 1.90. The number of benzene rings is 1. The second-order valence-electron chi connectivity index (χ2n) is 4.62. The molecular formula is C15H13F3N2O4S. The monoisotopic (exact) mass is 374 g/mol. The standard InChI is InChI=1S/C15H13F3N2O4S/c1-2-23-13(22)11-8-25-14(19-11)20-12(21)7-24-10-5-3-4-9(6-10)15(16,17)18/h3-6,8H,2,7H2,1H3,(H,19,20,21). The first-order valence-electron chi connectivity index (χ1n) is 7.02. The molecule has 0 radical (unpaired) electrons. The molecule has 0 aliphatic heterocycles. The number of alkyl halides is 3. The van der Waals surface area contributed by atoms with E-state index < -0.39 is 30.2 Å². The molecule has 1 N–H and O–H groups in total. The Kier molecular flexibility index (Phi) is 5.97. The first kappa shape index (κ1) is 18.7. The summed E-state index contributed by atoms with van der Waals surface area (Å²) >= 11 is 1.01. The molecule has 2 rings (SSSR count). The second kappa shape index (κ2) is 7.97. The van der Waals surface area contributed by atoms with Crippen molar-refractivity contribution in [2.24, 2.45) is 0 Å². The molecule has 6 nitrogen and oxygen atoms in total. The molecule has 0 unspecified atom stereocenters. The molecule has 1 aromatic carbocycles. The van der Waals surface area contributed by atoms with Crippen molar-refractivity contribution in [3.8, 4) is 5.75 Å². The van der Waals surface area contributed by atoms with Crippen LogP contribution in [0.15, 0.2) is 29.6 Å². The Morgan fingerprint density at radius 2 is 2.08 bits per heavy atom. The molecule has 1 aromatic heterocycles. The maximum absolute atomic E-state index is 12.6. The van der Waals surface area contributed by atoms with Crippen molar-refractivity contribution < 1.29 is 32.2 Å². The van der Waals surface area contributed by atoms with Gasteiger partial charge in [-0.2, -0.15) is 13.2 Å². The number of esters is 1. The van der Waals surface area contributed by atoms with Crippen LogP contribution >= 0.6 is 11.3 Å². The van der Waals surface area contributed by atoms with Gasteiger partial charge in [-0.3, -0.25) is 10.1 Å². The fourth-order valence-corrected chi connectivity index (χ4v) is 2.39. The predicted octanol–water partition coefficient (Wildman–Crippen LogP) is 3.36. The maximum Gasteiger partial charge on any atom is 0.416 e. The molecule has 25 heavy (non-hydrogen) atoms. The lowest BCUT2D eigenvalue weighted by Gasteiger charge is -2.09. The number of carbonyl (C=O) groups is 2. The van der Waals surface area contributed by atoms with Gasteiger partial charge in [0.15, 0.2) is 17.4 Å². The molecule has 134 valence electrons. The van der Waals surface area contributed by atoms with Crippen molar-refractivity contribution in [2.75, 3.05) is 18.5 Å². The van der Waals surface area contributed by atoms with E-state index >= 15 is 0 Å². The van der Waals surface area contributed by atoms with E-state index in [-0.39, 0.29) is 23.2 Å². The summed E-state index contributed by atoms with van der Waals surface area (Å²) in [4.78, 5) is 27.1. The van der Waals surface area contributed by atoms with Crippen molar-refractivity contribution in [2.45, 2.75) is 13.1 Å². The lowest BCUT2D eigenvalue weighted by Crippen LogP contribution is -2.20. The number of thiazole rings is 1. The molecule has 0 atom stereocenters. The Morgan fingerprint density at radius 3 is 2.76 bits per heavy atom. The van der Waals surface area contributed by atoms with E-state index in [0.29, 0.717) is 0 Å². The summed E-state index contributed by atoms with van der Waals surface area (Å²) in [5.41, 5.74) is -0.814. The van der Waals surface area contributed by atoms with Crippen LogP contribution in [0.1, 0.15) is 23.0 Å². The lowest BCUT2D eigenvalue weighted by atomic mass is 10.2.